The molecule has 4 nitrogen and oxygen atoms in total. The second-order valence-corrected chi connectivity index (χ2v) is 8.00. The Morgan fingerprint density at radius 1 is 1.19 bits per heavy atom. The van der Waals surface area contributed by atoms with Crippen molar-refractivity contribution in [1.29, 1.82) is 0 Å². The Balaban J connectivity index is 1.60. The zero-order valence-corrected chi connectivity index (χ0v) is 16.1. The second kappa shape index (κ2) is 7.56. The summed E-state index contributed by atoms with van der Waals surface area (Å²) in [5.74, 6) is 0.761. The lowest BCUT2D eigenvalue weighted by Gasteiger charge is -2.41. The lowest BCUT2D eigenvalue weighted by molar-refractivity contribution is -0.117. The van der Waals surface area contributed by atoms with Gasteiger partial charge >= 0.3 is 0 Å². The number of piperidine rings is 1. The highest BCUT2D eigenvalue weighted by molar-refractivity contribution is 5.95. The molecule has 1 aliphatic carbocycles. The summed E-state index contributed by atoms with van der Waals surface area (Å²) in [7, 11) is 0. The van der Waals surface area contributed by atoms with Gasteiger partial charge in [0.15, 0.2) is 0 Å². The fraction of sp³-hybridized carbons (Fsp3) is 0.500. The van der Waals surface area contributed by atoms with Crippen molar-refractivity contribution in [2.24, 2.45) is 0 Å². The number of nitrogens with zero attached hydrogens (tertiary/aromatic N) is 1. The smallest absolute Gasteiger partial charge is 0.252 e. The highest BCUT2D eigenvalue weighted by atomic mass is 16.1. The zero-order chi connectivity index (χ0) is 18.7. The summed E-state index contributed by atoms with van der Waals surface area (Å²) in [6, 6.07) is 8.16. The van der Waals surface area contributed by atoms with Crippen LogP contribution < -0.4 is 11.1 Å². The first-order valence-electron chi connectivity index (χ1n) is 9.69. The van der Waals surface area contributed by atoms with E-state index < -0.39 is 0 Å². The van der Waals surface area contributed by atoms with Crippen LogP contribution in [0.5, 0.6) is 0 Å². The Morgan fingerprint density at radius 3 is 2.50 bits per heavy atom. The van der Waals surface area contributed by atoms with Gasteiger partial charge in [-0.25, -0.2) is 0 Å². The standard InChI is InChI=1S/C22H31N3O/c1-16-8-4-5-9-18(16)21(26)24-17(2)25-14-12-22(3,13-15-25)19-10-6-7-11-20(19)23/h6-7,10-11H,2,4-5,8-9,12-15,23H2,1,3H3,(H,24,26). The van der Waals surface area contributed by atoms with Gasteiger partial charge in [0, 0.05) is 24.4 Å². The zero-order valence-electron chi connectivity index (χ0n) is 16.1. The highest BCUT2D eigenvalue weighted by Crippen LogP contribution is 2.38. The van der Waals surface area contributed by atoms with Crippen molar-refractivity contribution in [2.45, 2.75) is 57.8 Å². The van der Waals surface area contributed by atoms with E-state index in [4.69, 9.17) is 5.73 Å². The molecule has 0 spiro atoms. The van der Waals surface area contributed by atoms with Crippen molar-refractivity contribution in [3.63, 3.8) is 0 Å². The van der Waals surface area contributed by atoms with Gasteiger partial charge in [-0.15, -0.1) is 0 Å². The molecule has 0 aromatic heterocycles. The van der Waals surface area contributed by atoms with Gasteiger partial charge in [0.2, 0.25) is 0 Å². The summed E-state index contributed by atoms with van der Waals surface area (Å²) in [6.45, 7) is 10.2. The average Bonchev–Trinajstić information content (AvgIpc) is 2.62. The largest absolute Gasteiger partial charge is 0.398 e. The van der Waals surface area contributed by atoms with Crippen molar-refractivity contribution in [3.8, 4) is 0 Å². The Bertz CT molecular complexity index is 727. The number of hydrogen-bond acceptors (Lipinski definition) is 3. The fourth-order valence-corrected chi connectivity index (χ4v) is 4.24. The number of rotatable bonds is 4. The number of hydrogen-bond donors (Lipinski definition) is 2. The molecule has 1 saturated heterocycles. The van der Waals surface area contributed by atoms with E-state index in [2.05, 4.69) is 42.8 Å². The maximum Gasteiger partial charge on any atom is 0.252 e. The molecule has 0 bridgehead atoms. The molecule has 1 heterocycles. The minimum atomic E-state index is 0.0350. The Hall–Kier alpha value is -2.23. The lowest BCUT2D eigenvalue weighted by atomic mass is 9.74. The number of benzene rings is 1. The third-order valence-corrected chi connectivity index (χ3v) is 6.14. The average molecular weight is 354 g/mol. The van der Waals surface area contributed by atoms with E-state index in [0.29, 0.717) is 0 Å². The molecule has 3 rings (SSSR count). The van der Waals surface area contributed by atoms with Crippen LogP contribution in [0.3, 0.4) is 0 Å². The Labute approximate surface area is 157 Å². The highest BCUT2D eigenvalue weighted by Gasteiger charge is 2.33. The normalized spacial score (nSPS) is 20.0. The maximum atomic E-state index is 12.6. The van der Waals surface area contributed by atoms with Gasteiger partial charge in [-0.05, 0) is 62.5 Å². The molecular formula is C22H31N3O. The first-order chi connectivity index (χ1) is 12.4. The molecule has 0 saturated carbocycles. The van der Waals surface area contributed by atoms with Crippen LogP contribution in [0.4, 0.5) is 5.69 Å². The van der Waals surface area contributed by atoms with Gasteiger partial charge in [0.1, 0.15) is 5.82 Å². The molecule has 1 aromatic rings. The van der Waals surface area contributed by atoms with Crippen LogP contribution in [0.25, 0.3) is 0 Å². The van der Waals surface area contributed by atoms with Gasteiger partial charge < -0.3 is 16.0 Å². The van der Waals surface area contributed by atoms with Gasteiger partial charge in [-0.3, -0.25) is 4.79 Å². The fourth-order valence-electron chi connectivity index (χ4n) is 4.24. The summed E-state index contributed by atoms with van der Waals surface area (Å²) in [4.78, 5) is 14.8. The van der Waals surface area contributed by atoms with Crippen LogP contribution in [0.1, 0.15) is 57.9 Å². The number of amides is 1. The molecule has 140 valence electrons. The van der Waals surface area contributed by atoms with E-state index >= 15 is 0 Å². The van der Waals surface area contributed by atoms with Crippen LogP contribution in [0.2, 0.25) is 0 Å². The molecule has 1 aromatic carbocycles. The van der Waals surface area contributed by atoms with E-state index in [-0.39, 0.29) is 11.3 Å². The van der Waals surface area contributed by atoms with Gasteiger partial charge in [0.25, 0.3) is 5.91 Å². The number of nitrogens with two attached hydrogens (primary N) is 1. The molecule has 1 amide bonds. The van der Waals surface area contributed by atoms with Crippen molar-refractivity contribution >= 4 is 11.6 Å². The van der Waals surface area contributed by atoms with E-state index in [1.807, 2.05) is 12.1 Å². The number of carbonyl (C=O) groups excluding carboxylic acids is 1. The predicted molar refractivity (Wildman–Crippen MR) is 107 cm³/mol. The van der Waals surface area contributed by atoms with E-state index in [1.54, 1.807) is 0 Å². The van der Waals surface area contributed by atoms with Crippen LogP contribution in [0.15, 0.2) is 47.8 Å². The first kappa shape index (κ1) is 18.6. The molecule has 2 aliphatic rings. The molecule has 0 unspecified atom stereocenters. The summed E-state index contributed by atoms with van der Waals surface area (Å²) in [5.41, 5.74) is 10.6. The molecule has 0 radical (unpaired) electrons. The van der Waals surface area contributed by atoms with E-state index in [0.717, 1.165) is 62.3 Å². The number of nitrogen functional groups attached to an aromatic ring is 1. The molecular weight excluding hydrogens is 322 g/mol. The number of carbonyl (C=O) groups is 1. The third kappa shape index (κ3) is 3.79. The van der Waals surface area contributed by atoms with Crippen LogP contribution in [-0.2, 0) is 10.2 Å². The molecule has 1 fully saturated rings. The van der Waals surface area contributed by atoms with E-state index in [1.165, 1.54) is 17.6 Å². The Morgan fingerprint density at radius 2 is 1.85 bits per heavy atom. The topological polar surface area (TPSA) is 58.4 Å². The molecule has 26 heavy (non-hydrogen) atoms. The summed E-state index contributed by atoms with van der Waals surface area (Å²) in [6.07, 6.45) is 6.21. The molecule has 3 N–H and O–H groups in total. The molecule has 0 atom stereocenters. The summed E-state index contributed by atoms with van der Waals surface area (Å²) >= 11 is 0. The molecule has 1 aliphatic heterocycles. The van der Waals surface area contributed by atoms with Gasteiger partial charge in [-0.1, -0.05) is 37.3 Å². The van der Waals surface area contributed by atoms with Gasteiger partial charge in [-0.2, -0.15) is 0 Å². The number of nitrogens with one attached hydrogen (secondary N) is 1. The first-order valence-corrected chi connectivity index (χ1v) is 9.69. The monoisotopic (exact) mass is 353 g/mol. The SMILES string of the molecule is C=C(NC(=O)C1=C(C)CCCC1)N1CCC(C)(c2ccccc2N)CC1. The number of allylic oxidation sites excluding steroid dienone is 1. The van der Waals surface area contributed by atoms with Crippen LogP contribution in [-0.4, -0.2) is 23.9 Å². The summed E-state index contributed by atoms with van der Waals surface area (Å²) in [5, 5.41) is 3.04. The number of likely N-dealkylation sites (tertiary alicyclic amines) is 1. The van der Waals surface area contributed by atoms with Crippen LogP contribution >= 0.6 is 0 Å². The van der Waals surface area contributed by atoms with Crippen molar-refractivity contribution in [1.82, 2.24) is 10.2 Å². The third-order valence-electron chi connectivity index (χ3n) is 6.14. The predicted octanol–water partition coefficient (Wildman–Crippen LogP) is 4.10. The number of anilines is 1. The quantitative estimate of drug-likeness (QED) is 0.801. The van der Waals surface area contributed by atoms with E-state index in [9.17, 15) is 4.79 Å². The minimum absolute atomic E-state index is 0.0350. The minimum Gasteiger partial charge on any atom is -0.398 e. The van der Waals surface area contributed by atoms with Gasteiger partial charge in [0.05, 0.1) is 0 Å². The lowest BCUT2D eigenvalue weighted by Crippen LogP contribution is -2.44. The second-order valence-electron chi connectivity index (χ2n) is 8.00. The number of para-hydroxylation sites is 1. The van der Waals surface area contributed by atoms with Crippen molar-refractivity contribution in [3.05, 3.63) is 53.4 Å². The Kier molecular flexibility index (Phi) is 5.40. The van der Waals surface area contributed by atoms with Crippen molar-refractivity contribution < 1.29 is 4.79 Å². The maximum absolute atomic E-state index is 12.6. The molecule has 4 heteroatoms. The van der Waals surface area contributed by atoms with Crippen LogP contribution in [0, 0.1) is 0 Å². The van der Waals surface area contributed by atoms with Crippen molar-refractivity contribution in [2.75, 3.05) is 18.8 Å². The summed E-state index contributed by atoms with van der Waals surface area (Å²) < 4.78 is 0.